The Morgan fingerprint density at radius 2 is 1.69 bits per heavy atom. The maximum atomic E-state index is 14.7. The summed E-state index contributed by atoms with van der Waals surface area (Å²) in [5.74, 6) is 0.376. The van der Waals surface area contributed by atoms with Gasteiger partial charge < -0.3 is 15.0 Å². The summed E-state index contributed by atoms with van der Waals surface area (Å²) in [5.41, 5.74) is 2.23. The molecule has 3 heterocycles. The summed E-state index contributed by atoms with van der Waals surface area (Å²) >= 11 is 0. The lowest BCUT2D eigenvalue weighted by Gasteiger charge is -2.40. The number of nitrogens with one attached hydrogen (secondary N) is 1. The van der Waals surface area contributed by atoms with Gasteiger partial charge in [0.15, 0.2) is 0 Å². The highest BCUT2D eigenvalue weighted by Gasteiger charge is 2.46. The number of carbonyl (C=O) groups excluding carboxylic acids is 1. The topological polar surface area (TPSA) is 57.7 Å². The zero-order chi connectivity index (χ0) is 34.0. The summed E-state index contributed by atoms with van der Waals surface area (Å²) in [4.78, 5) is 24.7. The van der Waals surface area contributed by atoms with Crippen LogP contribution in [-0.4, -0.2) is 59.5 Å². The average molecular weight is 671 g/mol. The highest BCUT2D eigenvalue weighted by molar-refractivity contribution is 6.09. The third kappa shape index (κ3) is 7.33. The summed E-state index contributed by atoms with van der Waals surface area (Å²) < 4.78 is 48.0. The Morgan fingerprint density at radius 1 is 0.939 bits per heavy atom. The summed E-state index contributed by atoms with van der Waals surface area (Å²) in [5, 5.41) is 4.05. The van der Waals surface area contributed by atoms with Gasteiger partial charge in [0.1, 0.15) is 5.75 Å². The smallest absolute Gasteiger partial charge is 0.416 e. The van der Waals surface area contributed by atoms with Crippen molar-refractivity contribution >= 4 is 16.8 Å². The second-order valence-electron chi connectivity index (χ2n) is 13.9. The molecule has 1 amide bonds. The van der Waals surface area contributed by atoms with E-state index in [1.54, 1.807) is 12.1 Å². The first kappa shape index (κ1) is 33.5. The Bertz CT molecular complexity index is 1780. The quantitative estimate of drug-likeness (QED) is 0.183. The second kappa shape index (κ2) is 14.1. The molecular formula is C40H45F3N4O2. The molecule has 49 heavy (non-hydrogen) atoms. The molecule has 0 spiro atoms. The Morgan fingerprint density at radius 3 is 2.39 bits per heavy atom. The molecule has 3 aliphatic rings. The number of pyridine rings is 1. The Hall–Kier alpha value is -3.95. The molecule has 2 saturated heterocycles. The number of nitrogens with zero attached hydrogens (tertiary/aromatic N) is 3. The minimum atomic E-state index is -4.52. The average Bonchev–Trinajstić information content (AvgIpc) is 3.91. The third-order valence-electron chi connectivity index (χ3n) is 10.5. The number of hydrogen-bond acceptors (Lipinski definition) is 5. The van der Waals surface area contributed by atoms with Crippen molar-refractivity contribution in [3.63, 3.8) is 0 Å². The molecule has 1 aliphatic carbocycles. The molecule has 9 heteroatoms. The van der Waals surface area contributed by atoms with E-state index in [2.05, 4.69) is 15.1 Å². The van der Waals surface area contributed by atoms with Crippen LogP contribution in [0.5, 0.6) is 5.75 Å². The van der Waals surface area contributed by atoms with Gasteiger partial charge in [-0.05, 0) is 101 Å². The Labute approximate surface area is 286 Å². The minimum absolute atomic E-state index is 0.234. The van der Waals surface area contributed by atoms with Crippen LogP contribution in [0.1, 0.15) is 85.3 Å². The number of fused-ring (bicyclic) bond motifs is 1. The first-order valence-electron chi connectivity index (χ1n) is 17.9. The molecule has 0 bridgehead atoms. The van der Waals surface area contributed by atoms with Crippen LogP contribution in [-0.2, 0) is 18.3 Å². The van der Waals surface area contributed by atoms with Gasteiger partial charge in [0.05, 0.1) is 34.5 Å². The van der Waals surface area contributed by atoms with Gasteiger partial charge in [0.2, 0.25) is 0 Å². The van der Waals surface area contributed by atoms with Crippen molar-refractivity contribution in [1.82, 2.24) is 20.1 Å². The van der Waals surface area contributed by atoms with Crippen LogP contribution in [0, 0.1) is 0 Å². The largest absolute Gasteiger partial charge is 0.494 e. The van der Waals surface area contributed by atoms with Gasteiger partial charge in [-0.3, -0.25) is 9.69 Å². The number of halogens is 3. The maximum absolute atomic E-state index is 14.7. The normalized spacial score (nSPS) is 18.8. The lowest BCUT2D eigenvalue weighted by Crippen LogP contribution is -2.46. The molecule has 7 rings (SSSR count). The van der Waals surface area contributed by atoms with Crippen molar-refractivity contribution in [3.8, 4) is 17.0 Å². The fourth-order valence-corrected chi connectivity index (χ4v) is 7.69. The Balaban J connectivity index is 1.33. The minimum Gasteiger partial charge on any atom is -0.494 e. The van der Waals surface area contributed by atoms with Gasteiger partial charge in [-0.2, -0.15) is 13.2 Å². The second-order valence-corrected chi connectivity index (χ2v) is 13.9. The van der Waals surface area contributed by atoms with Crippen LogP contribution in [0.25, 0.3) is 22.2 Å². The number of hydrogen-bond donors (Lipinski definition) is 1. The number of ether oxygens (including phenoxy) is 1. The summed E-state index contributed by atoms with van der Waals surface area (Å²) in [7, 11) is 0. The molecule has 0 unspecified atom stereocenters. The summed E-state index contributed by atoms with van der Waals surface area (Å²) in [6.07, 6.45) is 3.79. The highest BCUT2D eigenvalue weighted by atomic mass is 19.4. The van der Waals surface area contributed by atoms with Crippen LogP contribution >= 0.6 is 0 Å². The lowest BCUT2D eigenvalue weighted by molar-refractivity contribution is -0.137. The van der Waals surface area contributed by atoms with E-state index in [9.17, 15) is 18.0 Å². The van der Waals surface area contributed by atoms with Crippen molar-refractivity contribution < 1.29 is 22.7 Å². The molecule has 1 saturated carbocycles. The molecule has 1 N–H and O–H groups in total. The van der Waals surface area contributed by atoms with Crippen molar-refractivity contribution in [1.29, 1.82) is 0 Å². The van der Waals surface area contributed by atoms with Gasteiger partial charge in [-0.1, -0.05) is 55.8 Å². The number of amides is 1. The highest BCUT2D eigenvalue weighted by Crippen LogP contribution is 2.46. The number of benzene rings is 3. The Kier molecular flexibility index (Phi) is 9.66. The van der Waals surface area contributed by atoms with Crippen LogP contribution in [0.4, 0.5) is 13.2 Å². The standard InChI is InChI=1S/C40H45F3N4O2/c1-2-24-49-32-14-15-33-35(26-32)44-37(28-10-9-13-30(25-28)40(41,42)43)34(27-46-22-16-31(17-23-46)47-20-7-4-8-21-47)36(33)38(48)45-39(18-19-39)29-11-5-3-6-12-29/h3,5-6,9-15,25-26,31H,2,4,7-8,16-24,27H2,1H3,(H,45,48). The molecule has 0 atom stereocenters. The molecule has 0 radical (unpaired) electrons. The number of rotatable bonds is 10. The van der Waals surface area contributed by atoms with Crippen molar-refractivity contribution in [2.45, 2.75) is 82.6 Å². The molecule has 4 aromatic rings. The molecule has 3 aromatic carbocycles. The first-order valence-corrected chi connectivity index (χ1v) is 17.9. The predicted octanol–water partition coefficient (Wildman–Crippen LogP) is 8.58. The van der Waals surface area contributed by atoms with E-state index in [4.69, 9.17) is 9.72 Å². The zero-order valence-electron chi connectivity index (χ0n) is 28.2. The molecule has 2 aliphatic heterocycles. The van der Waals surface area contributed by atoms with Gasteiger partial charge in [0.25, 0.3) is 5.91 Å². The summed E-state index contributed by atoms with van der Waals surface area (Å²) in [6, 6.07) is 21.4. The number of aromatic nitrogens is 1. The van der Waals surface area contributed by atoms with E-state index in [1.807, 2.05) is 49.4 Å². The van der Waals surface area contributed by atoms with Gasteiger partial charge in [-0.15, -0.1) is 0 Å². The number of likely N-dealkylation sites (tertiary alicyclic amines) is 2. The third-order valence-corrected chi connectivity index (χ3v) is 10.5. The fraction of sp³-hybridized carbons (Fsp3) is 0.450. The van der Waals surface area contributed by atoms with Crippen LogP contribution in [0.2, 0.25) is 0 Å². The first-order chi connectivity index (χ1) is 23.7. The van der Waals surface area contributed by atoms with E-state index < -0.39 is 17.3 Å². The summed E-state index contributed by atoms with van der Waals surface area (Å²) in [6.45, 7) is 6.95. The monoisotopic (exact) mass is 670 g/mol. The number of piperidine rings is 2. The van der Waals surface area contributed by atoms with E-state index in [-0.39, 0.29) is 5.91 Å². The van der Waals surface area contributed by atoms with Crippen LogP contribution < -0.4 is 10.1 Å². The zero-order valence-corrected chi connectivity index (χ0v) is 28.2. The van der Waals surface area contributed by atoms with Gasteiger partial charge in [0, 0.05) is 35.2 Å². The number of alkyl halides is 3. The lowest BCUT2D eigenvalue weighted by atomic mass is 9.93. The molecule has 6 nitrogen and oxygen atoms in total. The molecule has 258 valence electrons. The van der Waals surface area contributed by atoms with Crippen molar-refractivity contribution in [2.24, 2.45) is 0 Å². The van der Waals surface area contributed by atoms with Crippen molar-refractivity contribution in [3.05, 3.63) is 95.1 Å². The molecule has 1 aromatic heterocycles. The SMILES string of the molecule is CCCOc1ccc2c(C(=O)NC3(c4ccccc4)CC3)c(CN3CCC(N4CCCCC4)CC3)c(-c3cccc(C(F)(F)F)c3)nc2c1. The van der Waals surface area contributed by atoms with Crippen LogP contribution in [0.15, 0.2) is 72.8 Å². The fourth-order valence-electron chi connectivity index (χ4n) is 7.69. The number of carbonyl (C=O) groups is 1. The van der Waals surface area contributed by atoms with E-state index in [0.29, 0.717) is 58.2 Å². The van der Waals surface area contributed by atoms with Crippen molar-refractivity contribution in [2.75, 3.05) is 32.8 Å². The predicted molar refractivity (Wildman–Crippen MR) is 187 cm³/mol. The van der Waals surface area contributed by atoms with Crippen LogP contribution in [0.3, 0.4) is 0 Å². The molecular weight excluding hydrogens is 625 g/mol. The van der Waals surface area contributed by atoms with Gasteiger partial charge >= 0.3 is 6.18 Å². The van der Waals surface area contributed by atoms with E-state index >= 15 is 0 Å². The van der Waals surface area contributed by atoms with E-state index in [0.717, 1.165) is 76.0 Å². The van der Waals surface area contributed by atoms with E-state index in [1.165, 1.54) is 25.3 Å². The maximum Gasteiger partial charge on any atom is 0.416 e. The molecule has 3 fully saturated rings. The van der Waals surface area contributed by atoms with Gasteiger partial charge in [-0.25, -0.2) is 4.98 Å².